The molecular weight excluding hydrogens is 226 g/mol. The molecule has 0 saturated heterocycles. The first-order chi connectivity index (χ1) is 8.79. The number of hydrogen-bond donors (Lipinski definition) is 1. The van der Waals surface area contributed by atoms with Crippen LogP contribution >= 0.6 is 0 Å². The van der Waals surface area contributed by atoms with Crippen molar-refractivity contribution in [1.82, 2.24) is 9.97 Å². The maximum Gasteiger partial charge on any atom is 0.220 e. The topological polar surface area (TPSA) is 61.0 Å². The molecule has 0 unspecified atom stereocenters. The van der Waals surface area contributed by atoms with Gasteiger partial charge in [0.2, 0.25) is 5.95 Å². The molecule has 1 aromatic rings. The molecule has 0 saturated carbocycles. The number of anilines is 1. The lowest BCUT2D eigenvalue weighted by atomic mass is 9.89. The van der Waals surface area contributed by atoms with E-state index in [1.54, 1.807) is 7.11 Å². The van der Waals surface area contributed by atoms with E-state index in [2.05, 4.69) is 16.0 Å². The molecule has 0 amide bonds. The Kier molecular flexibility index (Phi) is 2.78. The second kappa shape index (κ2) is 4.44. The third-order valence-electron chi connectivity index (χ3n) is 3.63. The molecule has 0 aliphatic heterocycles. The van der Waals surface area contributed by atoms with Gasteiger partial charge in [-0.15, -0.1) is 0 Å². The Morgan fingerprint density at radius 3 is 2.89 bits per heavy atom. The Morgan fingerprint density at radius 1 is 1.28 bits per heavy atom. The number of nitrogens with zero attached hydrogens (tertiary/aromatic N) is 2. The predicted molar refractivity (Wildman–Crippen MR) is 70.6 cm³/mol. The van der Waals surface area contributed by atoms with Crippen LogP contribution < -0.4 is 5.73 Å². The molecule has 4 heteroatoms. The molecule has 4 nitrogen and oxygen atoms in total. The third-order valence-corrected chi connectivity index (χ3v) is 3.63. The van der Waals surface area contributed by atoms with E-state index < -0.39 is 0 Å². The van der Waals surface area contributed by atoms with E-state index in [-0.39, 0.29) is 0 Å². The van der Waals surface area contributed by atoms with Crippen molar-refractivity contribution >= 4 is 11.5 Å². The number of nitrogens with two attached hydrogens (primary N) is 1. The molecule has 0 fully saturated rings. The highest BCUT2D eigenvalue weighted by Crippen LogP contribution is 2.39. The summed E-state index contributed by atoms with van der Waals surface area (Å²) in [6.45, 7) is 0. The molecule has 1 heterocycles. The van der Waals surface area contributed by atoms with Crippen molar-refractivity contribution in [1.29, 1.82) is 0 Å². The Bertz CT molecular complexity index is 546. The number of aryl methyl sites for hydroxylation is 1. The standard InChI is InChI=1S/C14H17N3O/c1-18-11-7-6-10-8-16-14(15)17-13(10)12(11)9-4-2-3-5-9/h4,8H,2-3,5-7H2,1H3,(H2,15,16,17). The second-order valence-corrected chi connectivity index (χ2v) is 4.73. The quantitative estimate of drug-likeness (QED) is 0.866. The number of nitrogen functional groups attached to an aromatic ring is 1. The monoisotopic (exact) mass is 243 g/mol. The minimum atomic E-state index is 0.335. The van der Waals surface area contributed by atoms with Crippen LogP contribution in [-0.2, 0) is 11.2 Å². The first kappa shape index (κ1) is 11.3. The number of allylic oxidation sites excluding steroid dienone is 4. The average molecular weight is 243 g/mol. The van der Waals surface area contributed by atoms with Crippen molar-refractivity contribution in [2.75, 3.05) is 12.8 Å². The van der Waals surface area contributed by atoms with Gasteiger partial charge in [-0.25, -0.2) is 9.97 Å². The Morgan fingerprint density at radius 2 is 2.17 bits per heavy atom. The van der Waals surface area contributed by atoms with Crippen molar-refractivity contribution < 1.29 is 4.74 Å². The van der Waals surface area contributed by atoms with Gasteiger partial charge < -0.3 is 10.5 Å². The molecule has 18 heavy (non-hydrogen) atoms. The fourth-order valence-corrected chi connectivity index (χ4v) is 2.76. The summed E-state index contributed by atoms with van der Waals surface area (Å²) in [6, 6.07) is 0. The third kappa shape index (κ3) is 1.78. The molecule has 3 rings (SSSR count). The van der Waals surface area contributed by atoms with Crippen molar-refractivity contribution in [2.24, 2.45) is 0 Å². The molecule has 2 N–H and O–H groups in total. The number of methoxy groups -OCH3 is 1. The van der Waals surface area contributed by atoms with E-state index >= 15 is 0 Å². The SMILES string of the molecule is COC1=C(C2=CCCC2)c2nc(N)ncc2CC1. The van der Waals surface area contributed by atoms with Crippen molar-refractivity contribution in [3.05, 3.63) is 34.9 Å². The van der Waals surface area contributed by atoms with Crippen molar-refractivity contribution in [2.45, 2.75) is 32.1 Å². The highest BCUT2D eigenvalue weighted by Gasteiger charge is 2.25. The zero-order valence-electron chi connectivity index (χ0n) is 10.6. The van der Waals surface area contributed by atoms with E-state index in [0.717, 1.165) is 42.7 Å². The number of hydrogen-bond acceptors (Lipinski definition) is 4. The van der Waals surface area contributed by atoms with Gasteiger partial charge in [0.15, 0.2) is 0 Å². The number of ether oxygens (including phenoxy) is 1. The van der Waals surface area contributed by atoms with Crippen LogP contribution in [0.15, 0.2) is 23.6 Å². The summed E-state index contributed by atoms with van der Waals surface area (Å²) in [7, 11) is 1.74. The van der Waals surface area contributed by atoms with Gasteiger partial charge in [0.05, 0.1) is 12.8 Å². The van der Waals surface area contributed by atoms with Crippen molar-refractivity contribution in [3.63, 3.8) is 0 Å². The van der Waals surface area contributed by atoms with E-state index in [4.69, 9.17) is 10.5 Å². The van der Waals surface area contributed by atoms with Gasteiger partial charge in [-0.3, -0.25) is 0 Å². The molecule has 0 bridgehead atoms. The minimum absolute atomic E-state index is 0.335. The van der Waals surface area contributed by atoms with Gasteiger partial charge >= 0.3 is 0 Å². The number of fused-ring (bicyclic) bond motifs is 1. The molecule has 1 aromatic heterocycles. The first-order valence-corrected chi connectivity index (χ1v) is 6.38. The Hall–Kier alpha value is -1.84. The molecule has 0 spiro atoms. The summed E-state index contributed by atoms with van der Waals surface area (Å²) >= 11 is 0. The Balaban J connectivity index is 2.16. The lowest BCUT2D eigenvalue weighted by Gasteiger charge is -2.22. The van der Waals surface area contributed by atoms with Crippen LogP contribution in [0.1, 0.15) is 36.9 Å². The summed E-state index contributed by atoms with van der Waals surface area (Å²) in [5, 5.41) is 0. The summed E-state index contributed by atoms with van der Waals surface area (Å²) in [5.74, 6) is 1.37. The lowest BCUT2D eigenvalue weighted by molar-refractivity contribution is 0.277. The smallest absolute Gasteiger partial charge is 0.220 e. The van der Waals surface area contributed by atoms with E-state index in [0.29, 0.717) is 5.95 Å². The maximum atomic E-state index is 5.72. The van der Waals surface area contributed by atoms with Crippen LogP contribution in [0.4, 0.5) is 5.95 Å². The fraction of sp³-hybridized carbons (Fsp3) is 0.429. The zero-order valence-corrected chi connectivity index (χ0v) is 10.6. The fourth-order valence-electron chi connectivity index (χ4n) is 2.76. The van der Waals surface area contributed by atoms with Crippen LogP contribution in [0.3, 0.4) is 0 Å². The molecule has 0 radical (unpaired) electrons. The Labute approximate surface area is 107 Å². The number of rotatable bonds is 2. The molecule has 2 aliphatic carbocycles. The molecule has 94 valence electrons. The highest BCUT2D eigenvalue weighted by atomic mass is 16.5. The predicted octanol–water partition coefficient (Wildman–Crippen LogP) is 2.47. The van der Waals surface area contributed by atoms with Crippen molar-refractivity contribution in [3.8, 4) is 0 Å². The minimum Gasteiger partial charge on any atom is -0.500 e. The van der Waals surface area contributed by atoms with Crippen LogP contribution in [0.5, 0.6) is 0 Å². The normalized spacial score (nSPS) is 18.6. The van der Waals surface area contributed by atoms with E-state index in [1.165, 1.54) is 17.6 Å². The van der Waals surface area contributed by atoms with Crippen LogP contribution in [-0.4, -0.2) is 17.1 Å². The summed E-state index contributed by atoms with van der Waals surface area (Å²) in [6.07, 6.45) is 9.45. The second-order valence-electron chi connectivity index (χ2n) is 4.73. The van der Waals surface area contributed by atoms with Gasteiger partial charge in [0, 0.05) is 18.2 Å². The van der Waals surface area contributed by atoms with Gasteiger partial charge in [0.1, 0.15) is 5.76 Å². The summed E-state index contributed by atoms with van der Waals surface area (Å²) < 4.78 is 5.55. The highest BCUT2D eigenvalue weighted by molar-refractivity contribution is 5.82. The van der Waals surface area contributed by atoms with Crippen LogP contribution in [0, 0.1) is 0 Å². The first-order valence-electron chi connectivity index (χ1n) is 6.38. The van der Waals surface area contributed by atoms with Gasteiger partial charge in [-0.1, -0.05) is 6.08 Å². The lowest BCUT2D eigenvalue weighted by Crippen LogP contribution is -2.12. The van der Waals surface area contributed by atoms with Gasteiger partial charge in [-0.2, -0.15) is 0 Å². The molecule has 0 atom stereocenters. The molecule has 2 aliphatic rings. The van der Waals surface area contributed by atoms with Gasteiger partial charge in [0.25, 0.3) is 0 Å². The van der Waals surface area contributed by atoms with Gasteiger partial charge in [-0.05, 0) is 36.8 Å². The van der Waals surface area contributed by atoms with E-state index in [1.807, 2.05) is 6.20 Å². The summed E-state index contributed by atoms with van der Waals surface area (Å²) in [4.78, 5) is 8.51. The number of aromatic nitrogens is 2. The molecule has 0 aromatic carbocycles. The van der Waals surface area contributed by atoms with Crippen LogP contribution in [0.2, 0.25) is 0 Å². The maximum absolute atomic E-state index is 5.72. The van der Waals surface area contributed by atoms with E-state index in [9.17, 15) is 0 Å². The zero-order chi connectivity index (χ0) is 12.5. The largest absolute Gasteiger partial charge is 0.500 e. The molecular formula is C14H17N3O. The average Bonchev–Trinajstić information content (AvgIpc) is 2.90. The van der Waals surface area contributed by atoms with Crippen LogP contribution in [0.25, 0.3) is 5.57 Å². The summed E-state index contributed by atoms with van der Waals surface area (Å²) in [5.41, 5.74) is 10.4.